The molecule has 2 atom stereocenters. The van der Waals surface area contributed by atoms with Crippen LogP contribution in [0.1, 0.15) is 45.9 Å². The summed E-state index contributed by atoms with van der Waals surface area (Å²) in [5.74, 6) is 1.73. The lowest BCUT2D eigenvalue weighted by Crippen LogP contribution is -2.24. The molecule has 1 saturated heterocycles. The summed E-state index contributed by atoms with van der Waals surface area (Å²) in [6.45, 7) is 10.6. The third-order valence-electron chi connectivity index (χ3n) is 3.46. The van der Waals surface area contributed by atoms with E-state index in [2.05, 4.69) is 35.9 Å². The third kappa shape index (κ3) is 3.09. The Bertz CT molecular complexity index is 395. The molecule has 2 heterocycles. The lowest BCUT2D eigenvalue weighted by atomic mass is 9.97. The van der Waals surface area contributed by atoms with E-state index in [1.54, 1.807) is 0 Å². The third-order valence-corrected chi connectivity index (χ3v) is 3.46. The lowest BCUT2D eigenvalue weighted by molar-refractivity contribution is 0.126. The Morgan fingerprint density at radius 3 is 2.67 bits per heavy atom. The van der Waals surface area contributed by atoms with Crippen molar-refractivity contribution in [2.24, 2.45) is 5.92 Å². The Morgan fingerprint density at radius 2 is 2.17 bits per heavy atom. The molecule has 1 aromatic rings. The van der Waals surface area contributed by atoms with Gasteiger partial charge in [-0.3, -0.25) is 4.90 Å². The number of aliphatic hydroxyl groups is 1. The molecule has 2 rings (SSSR count). The van der Waals surface area contributed by atoms with Gasteiger partial charge < -0.3 is 9.52 Å². The van der Waals surface area contributed by atoms with E-state index in [4.69, 9.17) is 4.42 Å². The summed E-state index contributed by atoms with van der Waals surface area (Å²) in [5.41, 5.74) is -0.0988. The van der Waals surface area contributed by atoms with Crippen LogP contribution in [0.15, 0.2) is 4.42 Å². The molecular formula is C13H23N3O2. The van der Waals surface area contributed by atoms with Crippen molar-refractivity contribution in [3.05, 3.63) is 11.8 Å². The lowest BCUT2D eigenvalue weighted by Gasteiger charge is -2.15. The first-order chi connectivity index (χ1) is 8.36. The quantitative estimate of drug-likeness (QED) is 0.886. The van der Waals surface area contributed by atoms with Gasteiger partial charge in [-0.25, -0.2) is 0 Å². The van der Waals surface area contributed by atoms with E-state index in [0.29, 0.717) is 24.2 Å². The van der Waals surface area contributed by atoms with Gasteiger partial charge in [0.25, 0.3) is 0 Å². The highest BCUT2D eigenvalue weighted by atomic mass is 16.4. The van der Waals surface area contributed by atoms with Crippen LogP contribution in [0.4, 0.5) is 0 Å². The van der Waals surface area contributed by atoms with Crippen LogP contribution in [0.5, 0.6) is 0 Å². The number of likely N-dealkylation sites (tertiary alicyclic amines) is 1. The molecule has 0 amide bonds. The average Bonchev–Trinajstić information content (AvgIpc) is 2.85. The second-order valence-electron chi connectivity index (χ2n) is 6.28. The normalized spacial score (nSPS) is 23.5. The first kappa shape index (κ1) is 13.5. The molecule has 1 fully saturated rings. The van der Waals surface area contributed by atoms with Crippen LogP contribution in [-0.4, -0.2) is 39.4 Å². The number of nitrogens with zero attached hydrogens (tertiary/aromatic N) is 3. The summed E-state index contributed by atoms with van der Waals surface area (Å²) in [6.07, 6.45) is 0.806. The fourth-order valence-corrected chi connectivity index (χ4v) is 2.21. The standard InChI is InChI=1S/C13H23N3O2/c1-9(17)10-5-6-16(7-10)8-11-14-15-12(18-11)13(2,3)4/h9-10,17H,5-8H2,1-4H3. The van der Waals surface area contributed by atoms with Gasteiger partial charge in [0.2, 0.25) is 11.8 Å². The van der Waals surface area contributed by atoms with Crippen LogP contribution in [-0.2, 0) is 12.0 Å². The summed E-state index contributed by atoms with van der Waals surface area (Å²) in [5, 5.41) is 17.8. The van der Waals surface area contributed by atoms with E-state index in [-0.39, 0.29) is 11.5 Å². The second kappa shape index (κ2) is 4.97. The maximum Gasteiger partial charge on any atom is 0.230 e. The molecule has 5 heteroatoms. The molecule has 0 saturated carbocycles. The highest BCUT2D eigenvalue weighted by Gasteiger charge is 2.28. The van der Waals surface area contributed by atoms with Gasteiger partial charge in [0.05, 0.1) is 12.6 Å². The Hall–Kier alpha value is -0.940. The summed E-state index contributed by atoms with van der Waals surface area (Å²) < 4.78 is 5.68. The summed E-state index contributed by atoms with van der Waals surface area (Å²) in [7, 11) is 0. The summed E-state index contributed by atoms with van der Waals surface area (Å²) in [4.78, 5) is 2.26. The topological polar surface area (TPSA) is 62.4 Å². The van der Waals surface area contributed by atoms with Crippen molar-refractivity contribution >= 4 is 0 Å². The average molecular weight is 253 g/mol. The molecule has 0 aliphatic carbocycles. The van der Waals surface area contributed by atoms with Gasteiger partial charge in [-0.2, -0.15) is 0 Å². The zero-order valence-corrected chi connectivity index (χ0v) is 11.7. The molecular weight excluding hydrogens is 230 g/mol. The zero-order chi connectivity index (χ0) is 13.3. The smallest absolute Gasteiger partial charge is 0.230 e. The first-order valence-electron chi connectivity index (χ1n) is 6.59. The van der Waals surface area contributed by atoms with E-state index in [1.165, 1.54) is 0 Å². The van der Waals surface area contributed by atoms with E-state index in [9.17, 15) is 5.11 Å². The molecule has 18 heavy (non-hydrogen) atoms. The van der Waals surface area contributed by atoms with E-state index < -0.39 is 0 Å². The molecule has 2 unspecified atom stereocenters. The van der Waals surface area contributed by atoms with Gasteiger partial charge >= 0.3 is 0 Å². The molecule has 102 valence electrons. The van der Waals surface area contributed by atoms with Gasteiger partial charge in [0.1, 0.15) is 0 Å². The predicted octanol–water partition coefficient (Wildman–Crippen LogP) is 1.57. The van der Waals surface area contributed by atoms with E-state index in [1.807, 2.05) is 6.92 Å². The number of hydrogen-bond acceptors (Lipinski definition) is 5. The molecule has 1 N–H and O–H groups in total. The Kier molecular flexibility index (Phi) is 3.73. The maximum absolute atomic E-state index is 9.57. The fraction of sp³-hybridized carbons (Fsp3) is 0.846. The van der Waals surface area contributed by atoms with Crippen molar-refractivity contribution in [1.29, 1.82) is 0 Å². The molecule has 0 radical (unpaired) electrons. The van der Waals surface area contributed by atoms with Crippen LogP contribution in [0, 0.1) is 5.92 Å². The van der Waals surface area contributed by atoms with Crippen LogP contribution in [0.2, 0.25) is 0 Å². The van der Waals surface area contributed by atoms with Crippen LogP contribution < -0.4 is 0 Å². The largest absolute Gasteiger partial charge is 0.423 e. The maximum atomic E-state index is 9.57. The molecule has 5 nitrogen and oxygen atoms in total. The van der Waals surface area contributed by atoms with Crippen LogP contribution in [0.3, 0.4) is 0 Å². The number of aliphatic hydroxyl groups excluding tert-OH is 1. The molecule has 0 bridgehead atoms. The van der Waals surface area contributed by atoms with Gasteiger partial charge in [-0.15, -0.1) is 10.2 Å². The van der Waals surface area contributed by atoms with Crippen molar-refractivity contribution < 1.29 is 9.52 Å². The Labute approximate surface area is 108 Å². The van der Waals surface area contributed by atoms with Crippen molar-refractivity contribution in [2.45, 2.75) is 52.2 Å². The predicted molar refractivity (Wildman–Crippen MR) is 68.1 cm³/mol. The Morgan fingerprint density at radius 1 is 1.44 bits per heavy atom. The van der Waals surface area contributed by atoms with E-state index in [0.717, 1.165) is 19.5 Å². The van der Waals surface area contributed by atoms with Crippen molar-refractivity contribution in [2.75, 3.05) is 13.1 Å². The zero-order valence-electron chi connectivity index (χ0n) is 11.7. The minimum atomic E-state index is -0.233. The highest BCUT2D eigenvalue weighted by Crippen LogP contribution is 2.23. The minimum Gasteiger partial charge on any atom is -0.423 e. The van der Waals surface area contributed by atoms with Gasteiger partial charge in [0.15, 0.2) is 0 Å². The van der Waals surface area contributed by atoms with Gasteiger partial charge in [-0.1, -0.05) is 20.8 Å². The van der Waals surface area contributed by atoms with E-state index >= 15 is 0 Å². The van der Waals surface area contributed by atoms with Crippen LogP contribution >= 0.6 is 0 Å². The first-order valence-corrected chi connectivity index (χ1v) is 6.59. The fourth-order valence-electron chi connectivity index (χ4n) is 2.21. The Balaban J connectivity index is 1.93. The van der Waals surface area contributed by atoms with Crippen molar-refractivity contribution in [3.8, 4) is 0 Å². The molecule has 1 aromatic heterocycles. The molecule has 0 aromatic carbocycles. The van der Waals surface area contributed by atoms with Crippen molar-refractivity contribution in [3.63, 3.8) is 0 Å². The summed E-state index contributed by atoms with van der Waals surface area (Å²) >= 11 is 0. The number of rotatable bonds is 3. The SMILES string of the molecule is CC(O)C1CCN(Cc2nnc(C(C)(C)C)o2)C1. The van der Waals surface area contributed by atoms with Crippen LogP contribution in [0.25, 0.3) is 0 Å². The molecule has 1 aliphatic heterocycles. The second-order valence-corrected chi connectivity index (χ2v) is 6.28. The minimum absolute atomic E-state index is 0.0988. The monoisotopic (exact) mass is 253 g/mol. The number of hydrogen-bond donors (Lipinski definition) is 1. The molecule has 1 aliphatic rings. The highest BCUT2D eigenvalue weighted by molar-refractivity contribution is 4.96. The summed E-state index contributed by atoms with van der Waals surface area (Å²) in [6, 6.07) is 0. The van der Waals surface area contributed by atoms with Gasteiger partial charge in [-0.05, 0) is 25.8 Å². The van der Waals surface area contributed by atoms with Crippen molar-refractivity contribution in [1.82, 2.24) is 15.1 Å². The molecule has 0 spiro atoms. The number of aromatic nitrogens is 2. The van der Waals surface area contributed by atoms with Gasteiger partial charge in [0, 0.05) is 12.0 Å².